The number of ether oxygens (including phenoxy) is 1. The van der Waals surface area contributed by atoms with E-state index in [0.29, 0.717) is 0 Å². The molecule has 0 aromatic heterocycles. The van der Waals surface area contributed by atoms with Crippen molar-refractivity contribution < 1.29 is 14.0 Å². The molecule has 0 aliphatic carbocycles. The topological polar surface area (TPSA) is 38.7 Å². The first kappa shape index (κ1) is 7.81. The van der Waals surface area contributed by atoms with Crippen LogP contribution in [0.25, 0.3) is 0 Å². The highest BCUT2D eigenvalue weighted by atomic mass is 32.2. The van der Waals surface area contributed by atoms with Crippen molar-refractivity contribution in [2.45, 2.75) is 6.48 Å². The van der Waals surface area contributed by atoms with Crippen LogP contribution in [0.4, 0.5) is 0 Å². The van der Waals surface area contributed by atoms with Gasteiger partial charge >= 0.3 is 0 Å². The molecule has 1 unspecified atom stereocenters. The summed E-state index contributed by atoms with van der Waals surface area (Å²) in [4.78, 5) is 0. The molecule has 3 nitrogen and oxygen atoms in total. The lowest BCUT2D eigenvalue weighted by Crippen LogP contribution is -2.10. The summed E-state index contributed by atoms with van der Waals surface area (Å²) < 4.78 is 9.48. The van der Waals surface area contributed by atoms with Crippen molar-refractivity contribution in [3.63, 3.8) is 0 Å². The molecular formula is C6H10O3S. The fourth-order valence-electron chi connectivity index (χ4n) is 0.536. The molecule has 0 radical (unpaired) electrons. The number of allylic oxidation sites excluding steroid dienone is 2. The highest BCUT2D eigenvalue weighted by molar-refractivity contribution is 8.18. The van der Waals surface area contributed by atoms with Crippen LogP contribution in [0.1, 0.15) is 0 Å². The van der Waals surface area contributed by atoms with Gasteiger partial charge < -0.3 is 9.84 Å². The van der Waals surface area contributed by atoms with Gasteiger partial charge in [0, 0.05) is 7.11 Å². The Hall–Kier alpha value is -0.290. The van der Waals surface area contributed by atoms with E-state index in [2.05, 4.69) is 4.74 Å². The van der Waals surface area contributed by atoms with Gasteiger partial charge in [-0.25, -0.2) is 0 Å². The number of hydrogen-bond acceptors (Lipinski definition) is 3. The van der Waals surface area contributed by atoms with Gasteiger partial charge in [0.15, 0.2) is 0 Å². The maximum atomic E-state index is 8.82. The first-order chi connectivity index (χ1) is 4.83. The summed E-state index contributed by atoms with van der Waals surface area (Å²) in [5, 5.41) is 12.6. The second kappa shape index (κ2) is 3.78. The summed E-state index contributed by atoms with van der Waals surface area (Å²) in [6.45, 7) is -1.10. The molecule has 0 aromatic rings. The van der Waals surface area contributed by atoms with Crippen LogP contribution in [0, 0.1) is 0 Å². The number of thiol groups is 1. The third kappa shape index (κ3) is 2.15. The van der Waals surface area contributed by atoms with Gasteiger partial charge in [-0.05, 0) is 10.8 Å². The first-order valence-corrected chi connectivity index (χ1v) is 4.23. The van der Waals surface area contributed by atoms with Crippen molar-refractivity contribution in [2.24, 2.45) is 0 Å². The minimum atomic E-state index is -1.10. The summed E-state index contributed by atoms with van der Waals surface area (Å²) in [5.41, 5.74) is 0. The summed E-state index contributed by atoms with van der Waals surface area (Å²) in [5.74, 6) is 0. The predicted molar refractivity (Wildman–Crippen MR) is 41.4 cm³/mol. The second-order valence-electron chi connectivity index (χ2n) is 1.69. The van der Waals surface area contributed by atoms with E-state index >= 15 is 0 Å². The molecular weight excluding hydrogens is 152 g/mol. The molecule has 0 bridgehead atoms. The van der Waals surface area contributed by atoms with Gasteiger partial charge in [0.05, 0.1) is 0 Å². The van der Waals surface area contributed by atoms with E-state index in [1.54, 1.807) is 0 Å². The predicted octanol–water partition coefficient (Wildman–Crippen LogP) is 0.882. The number of rotatable bonds is 3. The van der Waals surface area contributed by atoms with Crippen molar-refractivity contribution in [3.8, 4) is 0 Å². The van der Waals surface area contributed by atoms with E-state index in [1.165, 1.54) is 7.11 Å². The Kier molecular flexibility index (Phi) is 2.95. The zero-order chi connectivity index (χ0) is 7.40. The van der Waals surface area contributed by atoms with Crippen LogP contribution in [0.15, 0.2) is 23.0 Å². The minimum Gasteiger partial charge on any atom is -0.345 e. The highest BCUT2D eigenvalue weighted by Crippen LogP contribution is 2.34. The van der Waals surface area contributed by atoms with Crippen LogP contribution < -0.4 is 0 Å². The molecule has 0 fully saturated rings. The molecule has 10 heavy (non-hydrogen) atoms. The van der Waals surface area contributed by atoms with E-state index in [9.17, 15) is 0 Å². The van der Waals surface area contributed by atoms with E-state index in [4.69, 9.17) is 9.29 Å². The van der Waals surface area contributed by atoms with Gasteiger partial charge in [-0.2, -0.15) is 0 Å². The fourth-order valence-corrected chi connectivity index (χ4v) is 1.61. The molecule has 1 aliphatic rings. The lowest BCUT2D eigenvalue weighted by molar-refractivity contribution is -0.192. The molecule has 0 amide bonds. The Morgan fingerprint density at radius 3 is 2.50 bits per heavy atom. The standard InChI is InChI=1S/C6H10O3S/c1-8-6(7)9-10-4-2-3-5-10/h2-7,10H,1H3. The highest BCUT2D eigenvalue weighted by Gasteiger charge is 2.05. The second-order valence-corrected chi connectivity index (χ2v) is 3.22. The smallest absolute Gasteiger partial charge is 0.278 e. The average molecular weight is 162 g/mol. The molecule has 0 spiro atoms. The summed E-state index contributed by atoms with van der Waals surface area (Å²) in [6, 6.07) is 0. The van der Waals surface area contributed by atoms with Crippen LogP contribution in [-0.2, 0) is 8.92 Å². The molecule has 4 heteroatoms. The van der Waals surface area contributed by atoms with Crippen molar-refractivity contribution in [2.75, 3.05) is 7.11 Å². The van der Waals surface area contributed by atoms with E-state index in [0.717, 1.165) is 0 Å². The minimum absolute atomic E-state index is 0.726. The van der Waals surface area contributed by atoms with Crippen LogP contribution in [0.3, 0.4) is 0 Å². The Morgan fingerprint density at radius 1 is 1.40 bits per heavy atom. The quantitative estimate of drug-likeness (QED) is 0.478. The van der Waals surface area contributed by atoms with Crippen molar-refractivity contribution in [1.29, 1.82) is 0 Å². The van der Waals surface area contributed by atoms with E-state index in [1.807, 2.05) is 23.0 Å². The van der Waals surface area contributed by atoms with Gasteiger partial charge in [-0.3, -0.25) is 4.18 Å². The third-order valence-corrected chi connectivity index (χ3v) is 2.35. The number of aliphatic hydroxyl groups excluding tert-OH is 1. The lowest BCUT2D eigenvalue weighted by atomic mass is 10.6. The SMILES string of the molecule is COC(O)O[SH]1C=CC=C1. The number of aliphatic hydroxyl groups is 1. The zero-order valence-corrected chi connectivity index (χ0v) is 6.49. The number of hydrogen-bond donors (Lipinski definition) is 2. The Morgan fingerprint density at radius 2 is 2.00 bits per heavy atom. The van der Waals surface area contributed by atoms with Crippen molar-refractivity contribution in [1.82, 2.24) is 0 Å². The average Bonchev–Trinajstić information content (AvgIpc) is 2.40. The Labute approximate surface area is 62.5 Å². The van der Waals surface area contributed by atoms with Crippen LogP contribution in [-0.4, -0.2) is 18.7 Å². The Bertz CT molecular complexity index is 143. The maximum Gasteiger partial charge on any atom is 0.278 e. The largest absolute Gasteiger partial charge is 0.345 e. The van der Waals surface area contributed by atoms with Crippen molar-refractivity contribution in [3.05, 3.63) is 23.0 Å². The molecule has 0 saturated heterocycles. The van der Waals surface area contributed by atoms with Gasteiger partial charge in [0.2, 0.25) is 0 Å². The molecule has 1 heterocycles. The third-order valence-electron chi connectivity index (χ3n) is 0.991. The summed E-state index contributed by atoms with van der Waals surface area (Å²) >= 11 is -0.726. The number of methoxy groups -OCH3 is 1. The molecule has 1 aliphatic heterocycles. The first-order valence-electron chi connectivity index (χ1n) is 2.84. The van der Waals surface area contributed by atoms with Crippen molar-refractivity contribution >= 4 is 11.2 Å². The van der Waals surface area contributed by atoms with E-state index < -0.39 is 17.7 Å². The Balaban J connectivity index is 2.25. The van der Waals surface area contributed by atoms with Gasteiger partial charge in [-0.15, -0.1) is 11.2 Å². The monoisotopic (exact) mass is 162 g/mol. The van der Waals surface area contributed by atoms with Crippen LogP contribution in [0.5, 0.6) is 0 Å². The fraction of sp³-hybridized carbons (Fsp3) is 0.333. The van der Waals surface area contributed by atoms with Gasteiger partial charge in [0.1, 0.15) is 0 Å². The molecule has 1 rings (SSSR count). The molecule has 0 saturated carbocycles. The van der Waals surface area contributed by atoms with Crippen LogP contribution >= 0.6 is 11.2 Å². The van der Waals surface area contributed by atoms with Gasteiger partial charge in [-0.1, -0.05) is 12.2 Å². The van der Waals surface area contributed by atoms with Crippen LogP contribution in [0.2, 0.25) is 0 Å². The summed E-state index contributed by atoms with van der Waals surface area (Å²) in [6.07, 6.45) is 3.77. The normalized spacial score (nSPS) is 22.0. The molecule has 0 aromatic carbocycles. The maximum absolute atomic E-state index is 8.82. The summed E-state index contributed by atoms with van der Waals surface area (Å²) in [7, 11) is 1.39. The molecule has 1 atom stereocenters. The van der Waals surface area contributed by atoms with Gasteiger partial charge in [0.25, 0.3) is 6.48 Å². The van der Waals surface area contributed by atoms with E-state index in [-0.39, 0.29) is 0 Å². The molecule has 1 N–H and O–H groups in total. The molecule has 58 valence electrons. The zero-order valence-electron chi connectivity index (χ0n) is 5.60. The lowest BCUT2D eigenvalue weighted by Gasteiger charge is -2.14.